The summed E-state index contributed by atoms with van der Waals surface area (Å²) < 4.78 is 0. The Hall–Kier alpha value is -1.60. The Balaban J connectivity index is 2.17. The van der Waals surface area contributed by atoms with Gasteiger partial charge in [-0.05, 0) is 24.0 Å². The standard InChI is InChI=1S/C15H16O/c1-2-10-15(16)11-8-14(9-12-15)13-6-4-3-5-7-13/h2-9,11,16H,1,10,12H2. The third-order valence-corrected chi connectivity index (χ3v) is 2.85. The molecular formula is C15H16O. The number of allylic oxidation sites excluding steroid dienone is 2. The molecular weight excluding hydrogens is 196 g/mol. The summed E-state index contributed by atoms with van der Waals surface area (Å²) in [6.07, 6.45) is 8.95. The summed E-state index contributed by atoms with van der Waals surface area (Å²) in [5, 5.41) is 10.1. The zero-order chi connectivity index (χ0) is 11.4. The zero-order valence-electron chi connectivity index (χ0n) is 9.26. The van der Waals surface area contributed by atoms with Crippen LogP contribution in [0.3, 0.4) is 0 Å². The molecule has 0 fully saturated rings. The van der Waals surface area contributed by atoms with E-state index in [-0.39, 0.29) is 0 Å². The SMILES string of the molecule is C=CCC1(O)C=CC(c2ccccc2)=CC1. The quantitative estimate of drug-likeness (QED) is 0.762. The molecule has 0 aromatic heterocycles. The first-order valence-corrected chi connectivity index (χ1v) is 5.52. The minimum Gasteiger partial charge on any atom is -0.385 e. The fraction of sp³-hybridized carbons (Fsp3) is 0.200. The van der Waals surface area contributed by atoms with Crippen molar-refractivity contribution in [3.05, 3.63) is 66.8 Å². The van der Waals surface area contributed by atoms with E-state index in [1.54, 1.807) is 6.08 Å². The maximum atomic E-state index is 10.1. The first kappa shape index (κ1) is 10.9. The number of benzene rings is 1. The molecule has 1 nitrogen and oxygen atoms in total. The van der Waals surface area contributed by atoms with Crippen molar-refractivity contribution in [1.82, 2.24) is 0 Å². The van der Waals surface area contributed by atoms with Crippen molar-refractivity contribution >= 4 is 5.57 Å². The maximum absolute atomic E-state index is 10.1. The third-order valence-electron chi connectivity index (χ3n) is 2.85. The van der Waals surface area contributed by atoms with Gasteiger partial charge in [0.1, 0.15) is 0 Å². The molecule has 1 heteroatoms. The molecule has 0 saturated carbocycles. The number of hydrogen-bond acceptors (Lipinski definition) is 1. The van der Waals surface area contributed by atoms with Crippen LogP contribution >= 0.6 is 0 Å². The molecule has 0 bridgehead atoms. The fourth-order valence-electron chi connectivity index (χ4n) is 1.91. The van der Waals surface area contributed by atoms with Crippen molar-refractivity contribution < 1.29 is 5.11 Å². The van der Waals surface area contributed by atoms with Crippen LogP contribution in [0.2, 0.25) is 0 Å². The first-order chi connectivity index (χ1) is 7.73. The van der Waals surface area contributed by atoms with Crippen LogP contribution in [0.4, 0.5) is 0 Å². The first-order valence-electron chi connectivity index (χ1n) is 5.52. The van der Waals surface area contributed by atoms with E-state index in [4.69, 9.17) is 0 Å². The van der Waals surface area contributed by atoms with Gasteiger partial charge in [-0.3, -0.25) is 0 Å². The summed E-state index contributed by atoms with van der Waals surface area (Å²) in [5.74, 6) is 0. The fourth-order valence-corrected chi connectivity index (χ4v) is 1.91. The normalized spacial score (nSPS) is 23.9. The number of aliphatic hydroxyl groups is 1. The largest absolute Gasteiger partial charge is 0.385 e. The second-order valence-corrected chi connectivity index (χ2v) is 4.16. The molecule has 1 aromatic rings. The molecule has 1 unspecified atom stereocenters. The molecule has 2 rings (SSSR count). The molecule has 0 spiro atoms. The summed E-state index contributed by atoms with van der Waals surface area (Å²) in [6.45, 7) is 3.66. The van der Waals surface area contributed by atoms with Gasteiger partial charge in [0.25, 0.3) is 0 Å². The van der Waals surface area contributed by atoms with E-state index in [1.165, 1.54) is 11.1 Å². The van der Waals surface area contributed by atoms with Crippen molar-refractivity contribution in [2.24, 2.45) is 0 Å². The molecule has 1 aliphatic carbocycles. The Kier molecular flexibility index (Phi) is 3.07. The van der Waals surface area contributed by atoms with Gasteiger partial charge in [-0.25, -0.2) is 0 Å². The van der Waals surface area contributed by atoms with Gasteiger partial charge in [0.15, 0.2) is 0 Å². The van der Waals surface area contributed by atoms with Gasteiger partial charge in [0.2, 0.25) is 0 Å². The monoisotopic (exact) mass is 212 g/mol. The molecule has 0 saturated heterocycles. The van der Waals surface area contributed by atoms with E-state index < -0.39 is 5.60 Å². The second-order valence-electron chi connectivity index (χ2n) is 4.16. The van der Waals surface area contributed by atoms with Crippen LogP contribution < -0.4 is 0 Å². The topological polar surface area (TPSA) is 20.2 Å². The van der Waals surface area contributed by atoms with Gasteiger partial charge in [-0.1, -0.05) is 54.6 Å². The van der Waals surface area contributed by atoms with Crippen molar-refractivity contribution in [3.8, 4) is 0 Å². The van der Waals surface area contributed by atoms with Crippen LogP contribution in [0.1, 0.15) is 18.4 Å². The van der Waals surface area contributed by atoms with E-state index in [9.17, 15) is 5.11 Å². The average molecular weight is 212 g/mol. The lowest BCUT2D eigenvalue weighted by molar-refractivity contribution is 0.0968. The van der Waals surface area contributed by atoms with Gasteiger partial charge in [-0.2, -0.15) is 0 Å². The lowest BCUT2D eigenvalue weighted by atomic mass is 9.87. The van der Waals surface area contributed by atoms with Crippen LogP contribution in [0.5, 0.6) is 0 Å². The minimum absolute atomic E-state index is 0.599. The molecule has 1 atom stereocenters. The van der Waals surface area contributed by atoms with Crippen LogP contribution in [-0.2, 0) is 0 Å². The van der Waals surface area contributed by atoms with Gasteiger partial charge in [-0.15, -0.1) is 6.58 Å². The number of rotatable bonds is 3. The van der Waals surface area contributed by atoms with E-state index in [0.29, 0.717) is 12.8 Å². The van der Waals surface area contributed by atoms with Gasteiger partial charge >= 0.3 is 0 Å². The molecule has 1 aliphatic rings. The second kappa shape index (κ2) is 4.50. The highest BCUT2D eigenvalue weighted by Gasteiger charge is 2.23. The van der Waals surface area contributed by atoms with E-state index in [2.05, 4.69) is 24.8 Å². The summed E-state index contributed by atoms with van der Waals surface area (Å²) in [5.41, 5.74) is 1.63. The Bertz CT molecular complexity index is 428. The summed E-state index contributed by atoms with van der Waals surface area (Å²) in [7, 11) is 0. The Morgan fingerprint density at radius 1 is 1.31 bits per heavy atom. The van der Waals surface area contributed by atoms with Gasteiger partial charge in [0, 0.05) is 0 Å². The summed E-state index contributed by atoms with van der Waals surface area (Å²) >= 11 is 0. The van der Waals surface area contributed by atoms with E-state index in [0.717, 1.165) is 0 Å². The molecule has 16 heavy (non-hydrogen) atoms. The van der Waals surface area contributed by atoms with Crippen LogP contribution in [0, 0.1) is 0 Å². The summed E-state index contributed by atoms with van der Waals surface area (Å²) in [6, 6.07) is 10.2. The third kappa shape index (κ3) is 2.31. The zero-order valence-corrected chi connectivity index (χ0v) is 9.26. The molecule has 1 N–H and O–H groups in total. The molecule has 0 radical (unpaired) electrons. The van der Waals surface area contributed by atoms with Gasteiger partial charge < -0.3 is 5.11 Å². The maximum Gasteiger partial charge on any atom is 0.0899 e. The lowest BCUT2D eigenvalue weighted by Crippen LogP contribution is -2.25. The minimum atomic E-state index is -0.736. The van der Waals surface area contributed by atoms with Crippen LogP contribution in [0.15, 0.2) is 61.2 Å². The van der Waals surface area contributed by atoms with E-state index in [1.807, 2.05) is 30.4 Å². The summed E-state index contributed by atoms with van der Waals surface area (Å²) in [4.78, 5) is 0. The van der Waals surface area contributed by atoms with Crippen molar-refractivity contribution in [2.75, 3.05) is 0 Å². The van der Waals surface area contributed by atoms with E-state index >= 15 is 0 Å². The van der Waals surface area contributed by atoms with Crippen LogP contribution in [-0.4, -0.2) is 10.7 Å². The van der Waals surface area contributed by atoms with Crippen molar-refractivity contribution in [3.63, 3.8) is 0 Å². The predicted octanol–water partition coefficient (Wildman–Crippen LogP) is 3.34. The lowest BCUT2D eigenvalue weighted by Gasteiger charge is -2.25. The van der Waals surface area contributed by atoms with Gasteiger partial charge in [0.05, 0.1) is 5.60 Å². The molecule has 1 aromatic carbocycles. The molecule has 82 valence electrons. The number of hydrogen-bond donors (Lipinski definition) is 1. The molecule has 0 heterocycles. The van der Waals surface area contributed by atoms with Crippen LogP contribution in [0.25, 0.3) is 5.57 Å². The molecule has 0 aliphatic heterocycles. The smallest absolute Gasteiger partial charge is 0.0899 e. The predicted molar refractivity (Wildman–Crippen MR) is 67.9 cm³/mol. The Morgan fingerprint density at radius 2 is 2.06 bits per heavy atom. The Labute approximate surface area is 96.4 Å². The highest BCUT2D eigenvalue weighted by atomic mass is 16.3. The highest BCUT2D eigenvalue weighted by Crippen LogP contribution is 2.28. The highest BCUT2D eigenvalue weighted by molar-refractivity contribution is 5.75. The Morgan fingerprint density at radius 3 is 2.62 bits per heavy atom. The molecule has 0 amide bonds. The average Bonchev–Trinajstić information content (AvgIpc) is 2.31. The van der Waals surface area contributed by atoms with Crippen molar-refractivity contribution in [1.29, 1.82) is 0 Å². The van der Waals surface area contributed by atoms with Crippen molar-refractivity contribution in [2.45, 2.75) is 18.4 Å².